The summed E-state index contributed by atoms with van der Waals surface area (Å²) in [5, 5.41) is -0.536. The number of rotatable bonds is 4. The Bertz CT molecular complexity index is 783. The molecular formula is C16H20ClF3N2O3S. The van der Waals surface area contributed by atoms with Gasteiger partial charge in [-0.15, -0.1) is 0 Å². The van der Waals surface area contributed by atoms with Crippen LogP contribution in [-0.2, 0) is 21.0 Å². The lowest BCUT2D eigenvalue weighted by atomic mass is 10.0. The minimum absolute atomic E-state index is 0.248. The molecule has 1 amide bonds. The summed E-state index contributed by atoms with van der Waals surface area (Å²) in [5.41, 5.74) is -1.40. The van der Waals surface area contributed by atoms with Crippen LogP contribution in [0.1, 0.15) is 25.3 Å². The van der Waals surface area contributed by atoms with Crippen molar-refractivity contribution in [2.24, 2.45) is 5.92 Å². The van der Waals surface area contributed by atoms with Gasteiger partial charge >= 0.3 is 6.18 Å². The highest BCUT2D eigenvalue weighted by Gasteiger charge is 2.35. The van der Waals surface area contributed by atoms with E-state index in [1.54, 1.807) is 4.90 Å². The number of carbonyl (C=O) groups excluding carboxylic acids is 1. The van der Waals surface area contributed by atoms with Crippen LogP contribution >= 0.6 is 11.6 Å². The van der Waals surface area contributed by atoms with E-state index in [0.717, 1.165) is 31.2 Å². The quantitative estimate of drug-likeness (QED) is 0.761. The van der Waals surface area contributed by atoms with Crippen molar-refractivity contribution >= 4 is 33.2 Å². The Morgan fingerprint density at radius 1 is 1.38 bits per heavy atom. The smallest absolute Gasteiger partial charge is 0.341 e. The first kappa shape index (κ1) is 20.8. The van der Waals surface area contributed by atoms with Gasteiger partial charge in [-0.25, -0.2) is 8.42 Å². The summed E-state index contributed by atoms with van der Waals surface area (Å²) in [7, 11) is -3.96. The van der Waals surface area contributed by atoms with Crippen molar-refractivity contribution < 1.29 is 26.4 Å². The summed E-state index contributed by atoms with van der Waals surface area (Å²) < 4.78 is 64.1. The topological polar surface area (TPSA) is 57.7 Å². The van der Waals surface area contributed by atoms with Crippen molar-refractivity contribution in [3.05, 3.63) is 28.8 Å². The second kappa shape index (κ2) is 7.64. The first-order valence-electron chi connectivity index (χ1n) is 8.02. The van der Waals surface area contributed by atoms with Gasteiger partial charge in [-0.1, -0.05) is 18.5 Å². The molecule has 0 bridgehead atoms. The van der Waals surface area contributed by atoms with Crippen LogP contribution in [0, 0.1) is 5.92 Å². The fourth-order valence-electron chi connectivity index (χ4n) is 2.92. The number of benzene rings is 1. The molecule has 0 aromatic heterocycles. The molecule has 1 fully saturated rings. The zero-order chi connectivity index (χ0) is 19.7. The number of hydrogen-bond donors (Lipinski definition) is 0. The summed E-state index contributed by atoms with van der Waals surface area (Å²) in [6.45, 7) is 2.45. The van der Waals surface area contributed by atoms with Gasteiger partial charge in [-0.3, -0.25) is 9.10 Å². The molecule has 1 heterocycles. The number of likely N-dealkylation sites (tertiary alicyclic amines) is 1. The van der Waals surface area contributed by atoms with Crippen molar-refractivity contribution in [1.29, 1.82) is 0 Å². The molecule has 0 spiro atoms. The highest BCUT2D eigenvalue weighted by Crippen LogP contribution is 2.37. The Morgan fingerprint density at radius 2 is 2.04 bits per heavy atom. The molecule has 0 N–H and O–H groups in total. The molecule has 26 heavy (non-hydrogen) atoms. The molecule has 1 aromatic carbocycles. The fourth-order valence-corrected chi connectivity index (χ4v) is 3.99. The predicted molar refractivity (Wildman–Crippen MR) is 93.6 cm³/mol. The molecular weight excluding hydrogens is 393 g/mol. The molecule has 1 aromatic rings. The lowest BCUT2D eigenvalue weighted by Gasteiger charge is -2.33. The van der Waals surface area contributed by atoms with Crippen molar-refractivity contribution in [3.63, 3.8) is 0 Å². The number of piperidine rings is 1. The summed E-state index contributed by atoms with van der Waals surface area (Å²) in [6, 6.07) is 2.78. The lowest BCUT2D eigenvalue weighted by Crippen LogP contribution is -2.46. The molecule has 146 valence electrons. The van der Waals surface area contributed by atoms with E-state index in [9.17, 15) is 26.4 Å². The molecule has 2 rings (SSSR count). The average molecular weight is 413 g/mol. The number of amides is 1. The fraction of sp³-hybridized carbons (Fsp3) is 0.562. The third-order valence-electron chi connectivity index (χ3n) is 4.23. The SMILES string of the molecule is CC1CCCN(C(=O)CN(c2ccc(Cl)c(C(F)(F)F)c2)S(C)(=O)=O)C1. The first-order valence-corrected chi connectivity index (χ1v) is 10.2. The van der Waals surface area contributed by atoms with Crippen LogP contribution in [0.2, 0.25) is 5.02 Å². The standard InChI is InChI=1S/C16H20ClF3N2O3S/c1-11-4-3-7-21(9-11)15(23)10-22(26(2,24)25)12-5-6-14(17)13(8-12)16(18,19)20/h5-6,8,11H,3-4,7,9-10H2,1-2H3. The van der Waals surface area contributed by atoms with Gasteiger partial charge in [0.05, 0.1) is 22.5 Å². The van der Waals surface area contributed by atoms with E-state index in [4.69, 9.17) is 11.6 Å². The molecule has 1 aliphatic heterocycles. The molecule has 1 aliphatic rings. The van der Waals surface area contributed by atoms with Crippen molar-refractivity contribution in [1.82, 2.24) is 4.90 Å². The third kappa shape index (κ3) is 5.03. The number of alkyl halides is 3. The highest BCUT2D eigenvalue weighted by molar-refractivity contribution is 7.92. The van der Waals surface area contributed by atoms with Crippen LogP contribution in [0.5, 0.6) is 0 Å². The van der Waals surface area contributed by atoms with Crippen molar-refractivity contribution in [3.8, 4) is 0 Å². The van der Waals surface area contributed by atoms with Crippen LogP contribution in [0.3, 0.4) is 0 Å². The van der Waals surface area contributed by atoms with Gasteiger partial charge in [-0.2, -0.15) is 13.2 Å². The van der Waals surface area contributed by atoms with Gasteiger partial charge in [0, 0.05) is 13.1 Å². The van der Waals surface area contributed by atoms with E-state index in [0.29, 0.717) is 29.4 Å². The minimum atomic E-state index is -4.73. The molecule has 1 saturated heterocycles. The van der Waals surface area contributed by atoms with Gasteiger partial charge in [-0.05, 0) is 37.0 Å². The maximum Gasteiger partial charge on any atom is 0.417 e. The van der Waals surface area contributed by atoms with Crippen LogP contribution in [0.4, 0.5) is 18.9 Å². The summed E-state index contributed by atoms with van der Waals surface area (Å²) >= 11 is 5.58. The molecule has 1 atom stereocenters. The maximum absolute atomic E-state index is 13.1. The van der Waals surface area contributed by atoms with Crippen molar-refractivity contribution in [2.75, 3.05) is 30.2 Å². The van der Waals surface area contributed by atoms with Crippen LogP contribution in [0.25, 0.3) is 0 Å². The Morgan fingerprint density at radius 3 is 2.58 bits per heavy atom. The van der Waals surface area contributed by atoms with E-state index in [1.165, 1.54) is 0 Å². The van der Waals surface area contributed by atoms with Gasteiger partial charge < -0.3 is 4.90 Å². The van der Waals surface area contributed by atoms with Gasteiger partial charge in [0.15, 0.2) is 0 Å². The molecule has 10 heteroatoms. The van der Waals surface area contributed by atoms with E-state index in [2.05, 4.69) is 0 Å². The van der Waals surface area contributed by atoms with Gasteiger partial charge in [0.2, 0.25) is 15.9 Å². The zero-order valence-electron chi connectivity index (χ0n) is 14.4. The Hall–Kier alpha value is -1.48. The Balaban J connectivity index is 2.33. The molecule has 0 radical (unpaired) electrons. The number of anilines is 1. The maximum atomic E-state index is 13.1. The van der Waals surface area contributed by atoms with Crippen LogP contribution in [-0.4, -0.2) is 45.1 Å². The number of halogens is 4. The number of hydrogen-bond acceptors (Lipinski definition) is 3. The van der Waals surface area contributed by atoms with E-state index >= 15 is 0 Å². The number of carbonyl (C=O) groups is 1. The Kier molecular flexibility index (Phi) is 6.12. The van der Waals surface area contributed by atoms with Crippen LogP contribution in [0.15, 0.2) is 18.2 Å². The Labute approximate surface area is 155 Å². The minimum Gasteiger partial charge on any atom is -0.341 e. The molecule has 0 aliphatic carbocycles. The second-order valence-corrected chi connectivity index (χ2v) is 8.83. The predicted octanol–water partition coefficient (Wildman–Crippen LogP) is 3.38. The van der Waals surface area contributed by atoms with Crippen molar-refractivity contribution in [2.45, 2.75) is 25.9 Å². The number of sulfonamides is 1. The largest absolute Gasteiger partial charge is 0.417 e. The van der Waals surface area contributed by atoms with Gasteiger partial charge in [0.25, 0.3) is 0 Å². The summed E-state index contributed by atoms with van der Waals surface area (Å²) in [5.74, 6) is -0.141. The molecule has 0 saturated carbocycles. The number of nitrogens with zero attached hydrogens (tertiary/aromatic N) is 2. The normalized spacial score (nSPS) is 18.7. The highest BCUT2D eigenvalue weighted by atomic mass is 35.5. The van der Waals surface area contributed by atoms with E-state index in [-0.39, 0.29) is 5.69 Å². The van der Waals surface area contributed by atoms with Crippen LogP contribution < -0.4 is 4.31 Å². The third-order valence-corrected chi connectivity index (χ3v) is 5.70. The van der Waals surface area contributed by atoms with E-state index < -0.39 is 39.2 Å². The lowest BCUT2D eigenvalue weighted by molar-refractivity contribution is -0.137. The van der Waals surface area contributed by atoms with Gasteiger partial charge in [0.1, 0.15) is 6.54 Å². The molecule has 1 unspecified atom stereocenters. The second-order valence-electron chi connectivity index (χ2n) is 6.52. The monoisotopic (exact) mass is 412 g/mol. The average Bonchev–Trinajstić information content (AvgIpc) is 2.51. The summed E-state index contributed by atoms with van der Waals surface area (Å²) in [6.07, 6.45) is -2.10. The molecule has 5 nitrogen and oxygen atoms in total. The van der Waals surface area contributed by atoms with E-state index in [1.807, 2.05) is 6.92 Å². The summed E-state index contributed by atoms with van der Waals surface area (Å²) in [4.78, 5) is 14.0. The zero-order valence-corrected chi connectivity index (χ0v) is 16.0. The first-order chi connectivity index (χ1) is 11.9.